The van der Waals surface area contributed by atoms with Crippen molar-refractivity contribution < 1.29 is 0 Å². The minimum atomic E-state index is 0.0611. The first-order valence-corrected chi connectivity index (χ1v) is 8.44. The summed E-state index contributed by atoms with van der Waals surface area (Å²) in [4.78, 5) is 11.1. The molecule has 24 heavy (non-hydrogen) atoms. The molecule has 0 saturated heterocycles. The standard InChI is InChI=1S/C19H29N5/c1-19(2,3)15-9-6-7-10-16(15)22-18-21-13-11-17(23-18)20-12-8-14-24(4)5/h6-7,9-11,13H,8,12,14H2,1-5H3,(H2,20,21,22,23). The van der Waals surface area contributed by atoms with E-state index in [0.717, 1.165) is 31.0 Å². The van der Waals surface area contributed by atoms with Gasteiger partial charge in [0.25, 0.3) is 0 Å². The zero-order chi connectivity index (χ0) is 17.6. The number of aromatic nitrogens is 2. The number of nitrogens with one attached hydrogen (secondary N) is 2. The van der Waals surface area contributed by atoms with E-state index in [1.807, 2.05) is 12.1 Å². The molecule has 0 fully saturated rings. The van der Waals surface area contributed by atoms with Crippen LogP contribution in [0.25, 0.3) is 0 Å². The SMILES string of the molecule is CN(C)CCCNc1ccnc(Nc2ccccc2C(C)(C)C)n1. The fourth-order valence-corrected chi connectivity index (χ4v) is 2.50. The van der Waals surface area contributed by atoms with E-state index in [1.54, 1.807) is 6.20 Å². The van der Waals surface area contributed by atoms with Crippen molar-refractivity contribution in [1.82, 2.24) is 14.9 Å². The lowest BCUT2D eigenvalue weighted by molar-refractivity contribution is 0.405. The Kier molecular flexibility index (Phi) is 6.15. The second-order valence-electron chi connectivity index (χ2n) is 7.27. The Labute approximate surface area is 145 Å². The highest BCUT2D eigenvalue weighted by Crippen LogP contribution is 2.30. The Morgan fingerprint density at radius 3 is 2.54 bits per heavy atom. The maximum Gasteiger partial charge on any atom is 0.229 e. The molecule has 0 atom stereocenters. The Bertz CT molecular complexity index is 646. The minimum Gasteiger partial charge on any atom is -0.370 e. The van der Waals surface area contributed by atoms with Gasteiger partial charge >= 0.3 is 0 Å². The molecule has 130 valence electrons. The third kappa shape index (κ3) is 5.49. The Morgan fingerprint density at radius 2 is 1.83 bits per heavy atom. The molecule has 0 unspecified atom stereocenters. The molecule has 0 spiro atoms. The molecule has 1 aromatic carbocycles. The van der Waals surface area contributed by atoms with E-state index >= 15 is 0 Å². The Hall–Kier alpha value is -2.14. The van der Waals surface area contributed by atoms with Crippen molar-refractivity contribution in [3.63, 3.8) is 0 Å². The number of hydrogen-bond donors (Lipinski definition) is 2. The van der Waals surface area contributed by atoms with Gasteiger partial charge in [-0.1, -0.05) is 39.0 Å². The van der Waals surface area contributed by atoms with Gasteiger partial charge in [0.05, 0.1) is 0 Å². The lowest BCUT2D eigenvalue weighted by Crippen LogP contribution is -2.17. The molecular weight excluding hydrogens is 298 g/mol. The van der Waals surface area contributed by atoms with Gasteiger partial charge in [-0.05, 0) is 50.2 Å². The highest BCUT2D eigenvalue weighted by atomic mass is 15.1. The molecule has 0 saturated carbocycles. The van der Waals surface area contributed by atoms with E-state index in [4.69, 9.17) is 0 Å². The Morgan fingerprint density at radius 1 is 1.08 bits per heavy atom. The van der Waals surface area contributed by atoms with Crippen LogP contribution >= 0.6 is 0 Å². The van der Waals surface area contributed by atoms with Crippen LogP contribution in [-0.4, -0.2) is 42.1 Å². The molecule has 0 bridgehead atoms. The Balaban J connectivity index is 2.05. The maximum atomic E-state index is 4.56. The topological polar surface area (TPSA) is 53.1 Å². The lowest BCUT2D eigenvalue weighted by Gasteiger charge is -2.23. The summed E-state index contributed by atoms with van der Waals surface area (Å²) in [5.41, 5.74) is 2.36. The summed E-state index contributed by atoms with van der Waals surface area (Å²) >= 11 is 0. The first-order valence-electron chi connectivity index (χ1n) is 8.44. The van der Waals surface area contributed by atoms with Gasteiger partial charge < -0.3 is 15.5 Å². The molecular formula is C19H29N5. The number of nitrogens with zero attached hydrogens (tertiary/aromatic N) is 3. The van der Waals surface area contributed by atoms with E-state index in [-0.39, 0.29) is 5.41 Å². The van der Waals surface area contributed by atoms with Crippen molar-refractivity contribution in [2.45, 2.75) is 32.6 Å². The molecule has 5 nitrogen and oxygen atoms in total. The average molecular weight is 327 g/mol. The second kappa shape index (κ2) is 8.11. The predicted molar refractivity (Wildman–Crippen MR) is 102 cm³/mol. The van der Waals surface area contributed by atoms with Crippen LogP contribution in [0.15, 0.2) is 36.5 Å². The van der Waals surface area contributed by atoms with Crippen LogP contribution in [0.4, 0.5) is 17.5 Å². The van der Waals surface area contributed by atoms with Gasteiger partial charge in [0.1, 0.15) is 5.82 Å². The smallest absolute Gasteiger partial charge is 0.229 e. The van der Waals surface area contributed by atoms with E-state index in [9.17, 15) is 0 Å². The van der Waals surface area contributed by atoms with Crippen LogP contribution in [0.5, 0.6) is 0 Å². The minimum absolute atomic E-state index is 0.0611. The van der Waals surface area contributed by atoms with Gasteiger partial charge in [-0.2, -0.15) is 4.98 Å². The molecule has 0 aliphatic heterocycles. The molecule has 2 aromatic rings. The number of anilines is 3. The van der Waals surface area contributed by atoms with Crippen molar-refractivity contribution in [2.24, 2.45) is 0 Å². The van der Waals surface area contributed by atoms with Crippen molar-refractivity contribution in [2.75, 3.05) is 37.8 Å². The number of benzene rings is 1. The molecule has 1 aromatic heterocycles. The largest absolute Gasteiger partial charge is 0.370 e. The van der Waals surface area contributed by atoms with Crippen molar-refractivity contribution in [3.8, 4) is 0 Å². The molecule has 1 heterocycles. The third-order valence-corrected chi connectivity index (χ3v) is 3.73. The number of para-hydroxylation sites is 1. The first-order chi connectivity index (χ1) is 11.4. The molecule has 0 aliphatic rings. The molecule has 0 aliphatic carbocycles. The summed E-state index contributed by atoms with van der Waals surface area (Å²) in [6, 6.07) is 10.2. The molecule has 2 rings (SSSR count). The van der Waals surface area contributed by atoms with Crippen LogP contribution in [0.2, 0.25) is 0 Å². The molecule has 0 radical (unpaired) electrons. The fraction of sp³-hybridized carbons (Fsp3) is 0.474. The highest BCUT2D eigenvalue weighted by Gasteiger charge is 2.17. The highest BCUT2D eigenvalue weighted by molar-refractivity contribution is 5.61. The van der Waals surface area contributed by atoms with Crippen LogP contribution in [0, 0.1) is 0 Å². The van der Waals surface area contributed by atoms with Gasteiger partial charge in [0, 0.05) is 18.4 Å². The predicted octanol–water partition coefficient (Wildman–Crippen LogP) is 3.88. The molecule has 0 amide bonds. The molecule has 2 N–H and O–H groups in total. The summed E-state index contributed by atoms with van der Waals surface area (Å²) in [5, 5.41) is 6.71. The first kappa shape index (κ1) is 18.2. The third-order valence-electron chi connectivity index (χ3n) is 3.73. The summed E-state index contributed by atoms with van der Waals surface area (Å²) in [6.07, 6.45) is 2.86. The zero-order valence-electron chi connectivity index (χ0n) is 15.4. The van der Waals surface area contributed by atoms with Gasteiger partial charge in [-0.3, -0.25) is 0 Å². The summed E-state index contributed by atoms with van der Waals surface area (Å²) < 4.78 is 0. The van der Waals surface area contributed by atoms with Gasteiger partial charge in [-0.15, -0.1) is 0 Å². The van der Waals surface area contributed by atoms with E-state index in [2.05, 4.69) is 78.6 Å². The second-order valence-corrected chi connectivity index (χ2v) is 7.27. The summed E-state index contributed by atoms with van der Waals surface area (Å²) in [5.74, 6) is 1.46. The van der Waals surface area contributed by atoms with Crippen LogP contribution in [0.1, 0.15) is 32.8 Å². The zero-order valence-corrected chi connectivity index (χ0v) is 15.4. The maximum absolute atomic E-state index is 4.56. The summed E-state index contributed by atoms with van der Waals surface area (Å²) in [6.45, 7) is 8.57. The van der Waals surface area contributed by atoms with Gasteiger partial charge in [-0.25, -0.2) is 4.98 Å². The average Bonchev–Trinajstić information content (AvgIpc) is 2.51. The van der Waals surface area contributed by atoms with Crippen molar-refractivity contribution in [3.05, 3.63) is 42.1 Å². The van der Waals surface area contributed by atoms with Gasteiger partial charge in [0.2, 0.25) is 5.95 Å². The van der Waals surface area contributed by atoms with E-state index in [0.29, 0.717) is 5.95 Å². The van der Waals surface area contributed by atoms with Crippen molar-refractivity contribution in [1.29, 1.82) is 0 Å². The number of hydrogen-bond acceptors (Lipinski definition) is 5. The van der Waals surface area contributed by atoms with E-state index in [1.165, 1.54) is 5.56 Å². The molecule has 5 heteroatoms. The van der Waals surface area contributed by atoms with Crippen molar-refractivity contribution >= 4 is 17.5 Å². The quantitative estimate of drug-likeness (QED) is 0.756. The normalized spacial score (nSPS) is 11.6. The van der Waals surface area contributed by atoms with E-state index < -0.39 is 0 Å². The lowest BCUT2D eigenvalue weighted by atomic mass is 9.86. The fourth-order valence-electron chi connectivity index (χ4n) is 2.50. The van der Waals surface area contributed by atoms with Crippen LogP contribution < -0.4 is 10.6 Å². The van der Waals surface area contributed by atoms with Crippen LogP contribution in [0.3, 0.4) is 0 Å². The monoisotopic (exact) mass is 327 g/mol. The summed E-state index contributed by atoms with van der Waals surface area (Å²) in [7, 11) is 4.17. The number of rotatable bonds is 7. The van der Waals surface area contributed by atoms with Gasteiger partial charge in [0.15, 0.2) is 0 Å². The van der Waals surface area contributed by atoms with Crippen LogP contribution in [-0.2, 0) is 5.41 Å².